The summed E-state index contributed by atoms with van der Waals surface area (Å²) < 4.78 is 10.5. The number of benzene rings is 2. The van der Waals surface area contributed by atoms with Gasteiger partial charge in [0.25, 0.3) is 0 Å². The molecule has 0 saturated heterocycles. The molecular weight excluding hydrogens is 416 g/mol. The van der Waals surface area contributed by atoms with Crippen LogP contribution in [0.1, 0.15) is 68.9 Å². The number of carbonyl (C=O) groups is 2. The molecule has 0 saturated carbocycles. The third-order valence-corrected chi connectivity index (χ3v) is 7.05. The van der Waals surface area contributed by atoms with Gasteiger partial charge in [-0.05, 0) is 98.9 Å². The molecule has 0 atom stereocenters. The van der Waals surface area contributed by atoms with Crippen molar-refractivity contribution in [1.82, 2.24) is 9.97 Å². The third kappa shape index (κ3) is 3.59. The number of nitrogens with one attached hydrogen (secondary N) is 2. The van der Waals surface area contributed by atoms with Crippen LogP contribution in [0.4, 0.5) is 0 Å². The molecule has 0 fully saturated rings. The van der Waals surface area contributed by atoms with Gasteiger partial charge in [0.1, 0.15) is 0 Å². The zero-order chi connectivity index (χ0) is 22.4. The second kappa shape index (κ2) is 8.10. The van der Waals surface area contributed by atoms with E-state index in [1.54, 1.807) is 12.1 Å². The average molecular weight is 443 g/mol. The van der Waals surface area contributed by atoms with E-state index in [1.807, 2.05) is 24.3 Å². The summed E-state index contributed by atoms with van der Waals surface area (Å²) in [5.74, 6) is -0.990. The minimum atomic E-state index is -0.495. The summed E-state index contributed by atoms with van der Waals surface area (Å²) in [5, 5.41) is 2.17. The first-order valence-corrected chi connectivity index (χ1v) is 11.8. The Hall–Kier alpha value is -3.54. The van der Waals surface area contributed by atoms with Crippen LogP contribution >= 0.6 is 0 Å². The first-order chi connectivity index (χ1) is 16.2. The molecule has 0 amide bonds. The van der Waals surface area contributed by atoms with Crippen LogP contribution < -0.4 is 0 Å². The lowest BCUT2D eigenvalue weighted by molar-refractivity contribution is -0.0167. The minimum Gasteiger partial charge on any atom is -0.424 e. The average Bonchev–Trinajstić information content (AvgIpc) is 3.41. The Kier molecular flexibility index (Phi) is 4.93. The number of hydrogen-bond donors (Lipinski definition) is 2. The number of fused-ring (bicyclic) bond motifs is 6. The third-order valence-electron chi connectivity index (χ3n) is 7.05. The lowest BCUT2D eigenvalue weighted by Gasteiger charge is -2.11. The van der Waals surface area contributed by atoms with Crippen LogP contribution in [0.3, 0.4) is 0 Å². The molecule has 0 spiro atoms. The van der Waals surface area contributed by atoms with Crippen LogP contribution in [0, 0.1) is 0 Å². The summed E-state index contributed by atoms with van der Waals surface area (Å²) in [6, 6.07) is 11.1. The molecule has 4 aromatic rings. The first kappa shape index (κ1) is 20.1. The number of rotatable bonds is 4. The molecule has 2 N–H and O–H groups in total. The van der Waals surface area contributed by atoms with Gasteiger partial charge in [0, 0.05) is 33.2 Å². The van der Waals surface area contributed by atoms with E-state index in [2.05, 4.69) is 9.97 Å². The number of aryl methyl sites for hydroxylation is 4. The Balaban J connectivity index is 1.13. The van der Waals surface area contributed by atoms with E-state index in [1.165, 1.54) is 48.2 Å². The highest BCUT2D eigenvalue weighted by Gasteiger charge is 2.19. The number of aromatic nitrogens is 2. The van der Waals surface area contributed by atoms with Crippen LogP contribution in [-0.4, -0.2) is 28.7 Å². The number of ether oxygens (including phenoxy) is 2. The molecule has 2 aliphatic carbocycles. The fourth-order valence-electron chi connectivity index (χ4n) is 5.37. The number of H-pyrrole nitrogens is 2. The number of carbonyl (C=O) groups excluding carboxylic acids is 2. The lowest BCUT2D eigenvalue weighted by atomic mass is 9.95. The largest absolute Gasteiger partial charge is 0.424 e. The van der Waals surface area contributed by atoms with E-state index in [0.29, 0.717) is 11.1 Å². The zero-order valence-electron chi connectivity index (χ0n) is 18.5. The van der Waals surface area contributed by atoms with Gasteiger partial charge in [-0.2, -0.15) is 0 Å². The topological polar surface area (TPSA) is 84.2 Å². The molecule has 2 aromatic heterocycles. The van der Waals surface area contributed by atoms with Crippen molar-refractivity contribution < 1.29 is 19.1 Å². The molecular formula is C27H26N2O4. The van der Waals surface area contributed by atoms with Crippen molar-refractivity contribution in [2.75, 3.05) is 6.79 Å². The fraction of sp³-hybridized carbons (Fsp3) is 0.333. The van der Waals surface area contributed by atoms with E-state index in [9.17, 15) is 9.59 Å². The maximum Gasteiger partial charge on any atom is 0.341 e. The van der Waals surface area contributed by atoms with Crippen molar-refractivity contribution in [3.05, 3.63) is 70.0 Å². The minimum absolute atomic E-state index is 0.412. The Labute approximate surface area is 191 Å². The monoisotopic (exact) mass is 442 g/mol. The van der Waals surface area contributed by atoms with Gasteiger partial charge >= 0.3 is 11.9 Å². The lowest BCUT2D eigenvalue weighted by Crippen LogP contribution is -2.13. The van der Waals surface area contributed by atoms with E-state index in [0.717, 1.165) is 47.5 Å². The summed E-state index contributed by atoms with van der Waals surface area (Å²) in [6.07, 6.45) is 8.89. The Morgan fingerprint density at radius 1 is 0.667 bits per heavy atom. The van der Waals surface area contributed by atoms with Crippen LogP contribution in [0.15, 0.2) is 36.4 Å². The van der Waals surface area contributed by atoms with Crippen LogP contribution in [0.5, 0.6) is 0 Å². The SMILES string of the molecule is O=C(OCOC(=O)c1ccc2[nH]c3c(c2c1)CCCC3)c1ccc2[nH]c3c(c2c1)CCCC3. The van der Waals surface area contributed by atoms with Crippen molar-refractivity contribution >= 4 is 33.7 Å². The number of hydrogen-bond acceptors (Lipinski definition) is 4. The summed E-state index contributed by atoms with van der Waals surface area (Å²) in [7, 11) is 0. The van der Waals surface area contributed by atoms with Gasteiger partial charge in [0.2, 0.25) is 6.79 Å². The summed E-state index contributed by atoms with van der Waals surface area (Å²) in [4.78, 5) is 32.1. The Morgan fingerprint density at radius 3 is 1.61 bits per heavy atom. The normalized spacial score (nSPS) is 15.3. The maximum atomic E-state index is 12.6. The second-order valence-corrected chi connectivity index (χ2v) is 9.08. The van der Waals surface area contributed by atoms with Crippen LogP contribution in [-0.2, 0) is 35.2 Å². The molecule has 168 valence electrons. The van der Waals surface area contributed by atoms with Crippen molar-refractivity contribution in [2.24, 2.45) is 0 Å². The van der Waals surface area contributed by atoms with Crippen LogP contribution in [0.2, 0.25) is 0 Å². The van der Waals surface area contributed by atoms with Crippen molar-refractivity contribution in [2.45, 2.75) is 51.4 Å². The van der Waals surface area contributed by atoms with Crippen LogP contribution in [0.25, 0.3) is 21.8 Å². The molecule has 0 radical (unpaired) electrons. The standard InChI is InChI=1S/C27H26N2O4/c30-26(16-9-11-24-20(13-16)18-5-1-3-7-22(18)28-24)32-15-33-27(31)17-10-12-25-21(14-17)19-6-2-4-8-23(19)29-25/h9-14,28-29H,1-8,15H2. The highest BCUT2D eigenvalue weighted by Crippen LogP contribution is 2.31. The van der Waals surface area contributed by atoms with Crippen molar-refractivity contribution in [3.8, 4) is 0 Å². The number of aromatic amines is 2. The molecule has 6 rings (SSSR count). The Morgan fingerprint density at radius 2 is 1.12 bits per heavy atom. The van der Waals surface area contributed by atoms with Crippen molar-refractivity contribution in [1.29, 1.82) is 0 Å². The summed E-state index contributed by atoms with van der Waals surface area (Å²) in [6.45, 7) is -0.412. The molecule has 0 aliphatic heterocycles. The van der Waals surface area contributed by atoms with Gasteiger partial charge in [0.15, 0.2) is 0 Å². The maximum absolute atomic E-state index is 12.6. The van der Waals surface area contributed by atoms with Gasteiger partial charge in [-0.1, -0.05) is 0 Å². The van der Waals surface area contributed by atoms with Gasteiger partial charge in [-0.15, -0.1) is 0 Å². The van der Waals surface area contributed by atoms with E-state index in [-0.39, 0.29) is 0 Å². The van der Waals surface area contributed by atoms with E-state index >= 15 is 0 Å². The van der Waals surface area contributed by atoms with Gasteiger partial charge in [-0.25, -0.2) is 9.59 Å². The Bertz CT molecular complexity index is 1290. The number of esters is 2. The van der Waals surface area contributed by atoms with Gasteiger partial charge in [0.05, 0.1) is 11.1 Å². The first-order valence-electron chi connectivity index (χ1n) is 11.8. The zero-order valence-corrected chi connectivity index (χ0v) is 18.5. The molecule has 33 heavy (non-hydrogen) atoms. The highest BCUT2D eigenvalue weighted by molar-refractivity contribution is 5.97. The van der Waals surface area contributed by atoms with Gasteiger partial charge < -0.3 is 19.4 Å². The second-order valence-electron chi connectivity index (χ2n) is 9.08. The smallest absolute Gasteiger partial charge is 0.341 e. The molecule has 2 heterocycles. The molecule has 0 unspecified atom stereocenters. The predicted octanol–water partition coefficient (Wildman–Crippen LogP) is 5.38. The quantitative estimate of drug-likeness (QED) is 0.328. The van der Waals surface area contributed by atoms with Gasteiger partial charge in [-0.3, -0.25) is 0 Å². The molecule has 6 heteroatoms. The van der Waals surface area contributed by atoms with E-state index < -0.39 is 18.7 Å². The van der Waals surface area contributed by atoms with Crippen molar-refractivity contribution in [3.63, 3.8) is 0 Å². The molecule has 0 bridgehead atoms. The molecule has 2 aliphatic rings. The molecule has 6 nitrogen and oxygen atoms in total. The summed E-state index contributed by atoms with van der Waals surface area (Å²) in [5.41, 5.74) is 8.18. The summed E-state index contributed by atoms with van der Waals surface area (Å²) >= 11 is 0. The fourth-order valence-corrected chi connectivity index (χ4v) is 5.37. The molecule has 2 aromatic carbocycles. The highest BCUT2D eigenvalue weighted by atomic mass is 16.7. The van der Waals surface area contributed by atoms with E-state index in [4.69, 9.17) is 9.47 Å². The predicted molar refractivity (Wildman–Crippen MR) is 126 cm³/mol.